The molecular weight excluding hydrogens is 318 g/mol. The van der Waals surface area contributed by atoms with E-state index >= 15 is 0 Å². The van der Waals surface area contributed by atoms with E-state index in [2.05, 4.69) is 5.32 Å². The van der Waals surface area contributed by atoms with E-state index in [9.17, 15) is 23.9 Å². The van der Waals surface area contributed by atoms with Crippen molar-refractivity contribution >= 4 is 23.5 Å². The summed E-state index contributed by atoms with van der Waals surface area (Å²) < 4.78 is 13.3. The van der Waals surface area contributed by atoms with Crippen LogP contribution in [0.25, 0.3) is 0 Å². The van der Waals surface area contributed by atoms with E-state index in [1.807, 2.05) is 0 Å². The Morgan fingerprint density at radius 2 is 2.00 bits per heavy atom. The van der Waals surface area contributed by atoms with Gasteiger partial charge in [-0.15, -0.1) is 0 Å². The summed E-state index contributed by atoms with van der Waals surface area (Å²) in [5.41, 5.74) is -0.00681. The summed E-state index contributed by atoms with van der Waals surface area (Å²) >= 11 is 0. The molecule has 0 spiro atoms. The van der Waals surface area contributed by atoms with Gasteiger partial charge < -0.3 is 15.2 Å². The Bertz CT molecular complexity index is 640. The number of hydrogen-bond donors (Lipinski definition) is 1. The van der Waals surface area contributed by atoms with E-state index in [1.165, 1.54) is 20.2 Å². The third-order valence-electron chi connectivity index (χ3n) is 3.46. The maximum atomic E-state index is 13.3. The van der Waals surface area contributed by atoms with Crippen molar-refractivity contribution in [2.45, 2.75) is 6.42 Å². The van der Waals surface area contributed by atoms with E-state index in [0.29, 0.717) is 0 Å². The summed E-state index contributed by atoms with van der Waals surface area (Å²) in [5.74, 6) is -4.64. The maximum Gasteiger partial charge on any atom is 1.00 e. The second-order valence-corrected chi connectivity index (χ2v) is 4.93. The first kappa shape index (κ1) is 19.6. The SMILES string of the molecule is CON(C)C(=O)c1cc(F)ccc1NC(=O)[C@@H]1C[C@@H]1C(=O)[O-].[Na+]. The molecule has 1 N–H and O–H groups in total. The zero-order valence-electron chi connectivity index (χ0n) is 13.0. The summed E-state index contributed by atoms with van der Waals surface area (Å²) in [6.45, 7) is 0. The average Bonchev–Trinajstić information content (AvgIpc) is 3.28. The van der Waals surface area contributed by atoms with Gasteiger partial charge >= 0.3 is 29.6 Å². The smallest absolute Gasteiger partial charge is 0.550 e. The van der Waals surface area contributed by atoms with Crippen molar-refractivity contribution in [3.63, 3.8) is 0 Å². The Morgan fingerprint density at radius 1 is 1.35 bits per heavy atom. The van der Waals surface area contributed by atoms with Crippen LogP contribution in [0, 0.1) is 17.7 Å². The summed E-state index contributed by atoms with van der Waals surface area (Å²) in [7, 11) is 2.61. The van der Waals surface area contributed by atoms with Crippen LogP contribution in [0.2, 0.25) is 0 Å². The minimum atomic E-state index is -1.28. The minimum Gasteiger partial charge on any atom is -0.550 e. The van der Waals surface area contributed by atoms with E-state index in [4.69, 9.17) is 4.84 Å². The molecular formula is C14H14FN2NaO5. The summed E-state index contributed by atoms with van der Waals surface area (Å²) in [4.78, 5) is 39.4. The molecule has 0 saturated heterocycles. The van der Waals surface area contributed by atoms with Gasteiger partial charge in [0.2, 0.25) is 5.91 Å². The minimum absolute atomic E-state index is 0. The monoisotopic (exact) mass is 332 g/mol. The summed E-state index contributed by atoms with van der Waals surface area (Å²) in [5, 5.41) is 14.0. The fourth-order valence-electron chi connectivity index (χ4n) is 2.03. The van der Waals surface area contributed by atoms with Crippen LogP contribution in [0.15, 0.2) is 18.2 Å². The number of benzene rings is 1. The maximum absolute atomic E-state index is 13.3. The molecule has 1 aromatic rings. The number of carboxylic acids is 1. The molecule has 2 atom stereocenters. The van der Waals surface area contributed by atoms with Gasteiger partial charge in [-0.1, -0.05) is 0 Å². The molecule has 0 heterocycles. The number of carboxylic acid groups (broad SMARTS) is 1. The van der Waals surface area contributed by atoms with E-state index in [-0.39, 0.29) is 47.2 Å². The van der Waals surface area contributed by atoms with Crippen molar-refractivity contribution in [3.8, 4) is 0 Å². The number of hydrogen-bond acceptors (Lipinski definition) is 5. The largest absolute Gasteiger partial charge is 1.00 e. The normalized spacial score (nSPS) is 18.6. The number of carbonyl (C=O) groups is 3. The van der Waals surface area contributed by atoms with E-state index in [1.54, 1.807) is 0 Å². The summed E-state index contributed by atoms with van der Waals surface area (Å²) in [6.07, 6.45) is 0.191. The van der Waals surface area contributed by atoms with Gasteiger partial charge in [-0.25, -0.2) is 9.45 Å². The van der Waals surface area contributed by atoms with Crippen molar-refractivity contribution in [3.05, 3.63) is 29.6 Å². The predicted molar refractivity (Wildman–Crippen MR) is 70.7 cm³/mol. The first-order valence-corrected chi connectivity index (χ1v) is 6.48. The molecule has 0 unspecified atom stereocenters. The van der Waals surface area contributed by atoms with Crippen LogP contribution in [0.4, 0.5) is 10.1 Å². The number of nitrogens with one attached hydrogen (secondary N) is 1. The van der Waals surface area contributed by atoms with Crippen molar-refractivity contribution in [1.82, 2.24) is 5.06 Å². The molecule has 7 nitrogen and oxygen atoms in total. The number of rotatable bonds is 5. The van der Waals surface area contributed by atoms with Crippen LogP contribution in [-0.2, 0) is 14.4 Å². The van der Waals surface area contributed by atoms with Crippen molar-refractivity contribution in [1.29, 1.82) is 0 Å². The van der Waals surface area contributed by atoms with Crippen LogP contribution in [0.5, 0.6) is 0 Å². The van der Waals surface area contributed by atoms with Crippen molar-refractivity contribution < 1.29 is 58.3 Å². The second kappa shape index (κ2) is 7.87. The first-order chi connectivity index (χ1) is 10.3. The Morgan fingerprint density at radius 3 is 2.52 bits per heavy atom. The Hall–Kier alpha value is -1.48. The van der Waals surface area contributed by atoms with Gasteiger partial charge in [-0.3, -0.25) is 14.4 Å². The van der Waals surface area contributed by atoms with Gasteiger partial charge in [0.15, 0.2) is 0 Å². The molecule has 1 aliphatic carbocycles. The second-order valence-electron chi connectivity index (χ2n) is 4.93. The van der Waals surface area contributed by atoms with E-state index in [0.717, 1.165) is 17.2 Å². The van der Waals surface area contributed by atoms with Gasteiger partial charge in [-0.05, 0) is 24.6 Å². The third kappa shape index (κ3) is 4.51. The molecule has 2 rings (SSSR count). The van der Waals surface area contributed by atoms with Gasteiger partial charge in [0.05, 0.1) is 18.4 Å². The molecule has 118 valence electrons. The third-order valence-corrected chi connectivity index (χ3v) is 3.46. The van der Waals surface area contributed by atoms with Gasteiger partial charge in [0.25, 0.3) is 5.91 Å². The number of anilines is 1. The number of aliphatic carboxylic acids is 1. The molecule has 0 aromatic heterocycles. The molecule has 1 aromatic carbocycles. The topological polar surface area (TPSA) is 98.8 Å². The molecule has 9 heteroatoms. The zero-order chi connectivity index (χ0) is 16.4. The average molecular weight is 332 g/mol. The fourth-order valence-corrected chi connectivity index (χ4v) is 2.03. The molecule has 1 aliphatic rings. The molecule has 2 amide bonds. The number of nitrogens with zero attached hydrogens (tertiary/aromatic N) is 1. The molecule has 23 heavy (non-hydrogen) atoms. The van der Waals surface area contributed by atoms with Gasteiger partial charge in [0.1, 0.15) is 5.82 Å². The van der Waals surface area contributed by atoms with Gasteiger partial charge in [0, 0.05) is 24.9 Å². The molecule has 0 aliphatic heterocycles. The van der Waals surface area contributed by atoms with Crippen LogP contribution >= 0.6 is 0 Å². The summed E-state index contributed by atoms with van der Waals surface area (Å²) in [6, 6.07) is 3.29. The Labute approximate surface area is 154 Å². The quantitative estimate of drug-likeness (QED) is 0.452. The Kier molecular flexibility index (Phi) is 6.69. The zero-order valence-corrected chi connectivity index (χ0v) is 15.0. The molecule has 1 saturated carbocycles. The van der Waals surface area contributed by atoms with Crippen molar-refractivity contribution in [2.24, 2.45) is 11.8 Å². The first-order valence-electron chi connectivity index (χ1n) is 6.48. The van der Waals surface area contributed by atoms with Gasteiger partial charge in [-0.2, -0.15) is 0 Å². The Balaban J connectivity index is 0.00000264. The van der Waals surface area contributed by atoms with Crippen molar-refractivity contribution in [2.75, 3.05) is 19.5 Å². The van der Waals surface area contributed by atoms with Crippen LogP contribution < -0.4 is 40.0 Å². The molecule has 0 bridgehead atoms. The molecule has 0 radical (unpaired) electrons. The predicted octanol–water partition coefficient (Wildman–Crippen LogP) is -3.21. The van der Waals surface area contributed by atoms with Crippen LogP contribution in [0.3, 0.4) is 0 Å². The number of hydroxylamine groups is 2. The van der Waals surface area contributed by atoms with E-state index < -0.39 is 35.4 Å². The number of halogens is 1. The standard InChI is InChI=1S/C14H15FN2O5.Na/c1-17(22-2)13(19)10-5-7(15)3-4-11(10)16-12(18)8-6-9(8)14(20)21;/h3-5,8-9H,6H2,1-2H3,(H,16,18)(H,20,21);/q;+1/p-1/t8-,9+;/m1./s1. The van der Waals surface area contributed by atoms with Crippen LogP contribution in [0.1, 0.15) is 16.8 Å². The number of amides is 2. The fraction of sp³-hybridized carbons (Fsp3) is 0.357. The van der Waals surface area contributed by atoms with Crippen LogP contribution in [-0.4, -0.2) is 37.0 Å². The molecule has 1 fully saturated rings. The number of carbonyl (C=O) groups excluding carboxylic acids is 3.